The summed E-state index contributed by atoms with van der Waals surface area (Å²) in [7, 11) is 0. The Bertz CT molecular complexity index is 488. The predicted molar refractivity (Wildman–Crippen MR) is 72.2 cm³/mol. The van der Waals surface area contributed by atoms with Crippen molar-refractivity contribution in [1.29, 1.82) is 0 Å². The van der Waals surface area contributed by atoms with Gasteiger partial charge in [0.05, 0.1) is 0 Å². The van der Waals surface area contributed by atoms with Crippen LogP contribution in [0.4, 0.5) is 8.78 Å². The van der Waals surface area contributed by atoms with Crippen molar-refractivity contribution in [2.45, 2.75) is 12.8 Å². The fourth-order valence-corrected chi connectivity index (χ4v) is 2.48. The van der Waals surface area contributed by atoms with E-state index in [0.29, 0.717) is 36.2 Å². The molecule has 1 amide bonds. The molecule has 0 spiro atoms. The Morgan fingerprint density at radius 1 is 1.37 bits per heavy atom. The van der Waals surface area contributed by atoms with Gasteiger partial charge in [-0.15, -0.1) is 0 Å². The number of benzene rings is 1. The first-order valence-electron chi connectivity index (χ1n) is 6.07. The molecule has 1 aliphatic rings. The molecule has 1 aromatic carbocycles. The van der Waals surface area contributed by atoms with Crippen LogP contribution in [0.1, 0.15) is 11.1 Å². The maximum atomic E-state index is 14.3. The maximum absolute atomic E-state index is 14.3. The summed E-state index contributed by atoms with van der Waals surface area (Å²) < 4.78 is 29.2. The molecule has 0 bridgehead atoms. The third-order valence-electron chi connectivity index (χ3n) is 3.21. The first-order chi connectivity index (χ1) is 8.93. The highest BCUT2D eigenvalue weighted by atomic mass is 79.9. The Kier molecular flexibility index (Phi) is 4.20. The average Bonchev–Trinajstić information content (AvgIpc) is 2.41. The molecule has 1 saturated heterocycles. The van der Waals surface area contributed by atoms with Gasteiger partial charge in [0.25, 0.3) is 5.91 Å². The average molecular weight is 333 g/mol. The normalized spacial score (nSPS) is 16.5. The molecular weight excluding hydrogens is 318 g/mol. The van der Waals surface area contributed by atoms with Crippen LogP contribution in [0, 0.1) is 6.92 Å². The minimum Gasteiger partial charge on any atom is -0.335 e. The van der Waals surface area contributed by atoms with Gasteiger partial charge in [-0.25, -0.2) is 0 Å². The van der Waals surface area contributed by atoms with E-state index in [1.165, 1.54) is 11.0 Å². The molecule has 2 rings (SSSR count). The summed E-state index contributed by atoms with van der Waals surface area (Å²) in [6.07, 6.45) is 0. The molecule has 1 heterocycles. The fraction of sp³-hybridized carbons (Fsp3) is 0.462. The van der Waals surface area contributed by atoms with Crippen LogP contribution in [-0.4, -0.2) is 37.0 Å². The number of halogens is 3. The van der Waals surface area contributed by atoms with Crippen LogP contribution in [-0.2, 0) is 10.7 Å². The molecule has 1 aromatic rings. The van der Waals surface area contributed by atoms with Crippen LogP contribution in [0.25, 0.3) is 0 Å². The van der Waals surface area contributed by atoms with Crippen LogP contribution in [0.15, 0.2) is 22.7 Å². The van der Waals surface area contributed by atoms with E-state index >= 15 is 0 Å². The lowest BCUT2D eigenvalue weighted by molar-refractivity contribution is -0.159. The van der Waals surface area contributed by atoms with Gasteiger partial charge in [-0.3, -0.25) is 4.79 Å². The van der Waals surface area contributed by atoms with Gasteiger partial charge in [0.15, 0.2) is 0 Å². The summed E-state index contributed by atoms with van der Waals surface area (Å²) in [6, 6.07) is 4.58. The second kappa shape index (κ2) is 5.54. The Labute approximate surface area is 119 Å². The molecule has 0 atom stereocenters. The van der Waals surface area contributed by atoms with Gasteiger partial charge in [-0.05, 0) is 24.6 Å². The quantitative estimate of drug-likeness (QED) is 0.901. The summed E-state index contributed by atoms with van der Waals surface area (Å²) in [6.45, 7) is 3.34. The number of nitrogens with one attached hydrogen (secondary N) is 1. The monoisotopic (exact) mass is 332 g/mol. The molecule has 0 aliphatic carbocycles. The van der Waals surface area contributed by atoms with E-state index in [2.05, 4.69) is 21.2 Å². The van der Waals surface area contributed by atoms with E-state index in [-0.39, 0.29) is 5.56 Å². The summed E-state index contributed by atoms with van der Waals surface area (Å²) in [5.74, 6) is -4.60. The van der Waals surface area contributed by atoms with Gasteiger partial charge in [0.2, 0.25) is 0 Å². The number of alkyl halides is 2. The Balaban J connectivity index is 2.29. The van der Waals surface area contributed by atoms with Crippen molar-refractivity contribution in [1.82, 2.24) is 10.2 Å². The lowest BCUT2D eigenvalue weighted by Gasteiger charge is -2.31. The Morgan fingerprint density at radius 3 is 2.63 bits per heavy atom. The number of carbonyl (C=O) groups is 1. The summed E-state index contributed by atoms with van der Waals surface area (Å²) >= 11 is 3.17. The van der Waals surface area contributed by atoms with Crippen molar-refractivity contribution in [2.24, 2.45) is 0 Å². The summed E-state index contributed by atoms with van der Waals surface area (Å²) in [4.78, 5) is 13.2. The van der Waals surface area contributed by atoms with Gasteiger partial charge >= 0.3 is 5.92 Å². The topological polar surface area (TPSA) is 32.3 Å². The lowest BCUT2D eigenvalue weighted by atomic mass is 10.0. The zero-order chi connectivity index (χ0) is 14.0. The number of hydrogen-bond donors (Lipinski definition) is 1. The van der Waals surface area contributed by atoms with E-state index in [0.717, 1.165) is 0 Å². The lowest BCUT2D eigenvalue weighted by Crippen LogP contribution is -2.51. The number of carbonyl (C=O) groups excluding carboxylic acids is 1. The number of nitrogens with zero attached hydrogens (tertiary/aromatic N) is 1. The van der Waals surface area contributed by atoms with Crippen LogP contribution in [0.2, 0.25) is 0 Å². The predicted octanol–water partition coefficient (Wildman–Crippen LogP) is 2.28. The van der Waals surface area contributed by atoms with E-state index in [1.54, 1.807) is 19.1 Å². The van der Waals surface area contributed by atoms with Gasteiger partial charge in [0.1, 0.15) is 0 Å². The van der Waals surface area contributed by atoms with Crippen LogP contribution < -0.4 is 5.32 Å². The van der Waals surface area contributed by atoms with E-state index < -0.39 is 11.8 Å². The second-order valence-corrected chi connectivity index (χ2v) is 5.49. The van der Waals surface area contributed by atoms with Crippen LogP contribution >= 0.6 is 15.9 Å². The maximum Gasteiger partial charge on any atom is 0.350 e. The zero-order valence-corrected chi connectivity index (χ0v) is 12.1. The van der Waals surface area contributed by atoms with E-state index in [1.807, 2.05) is 0 Å². The second-order valence-electron chi connectivity index (χ2n) is 4.58. The van der Waals surface area contributed by atoms with Crippen LogP contribution in [0.5, 0.6) is 0 Å². The molecule has 1 fully saturated rings. The largest absolute Gasteiger partial charge is 0.350 e. The molecule has 19 heavy (non-hydrogen) atoms. The van der Waals surface area contributed by atoms with Gasteiger partial charge in [-0.1, -0.05) is 22.0 Å². The smallest absolute Gasteiger partial charge is 0.335 e. The molecule has 0 radical (unpaired) electrons. The summed E-state index contributed by atoms with van der Waals surface area (Å²) in [5, 5.41) is 3.04. The van der Waals surface area contributed by atoms with E-state index in [9.17, 15) is 13.6 Å². The molecule has 0 saturated carbocycles. The highest BCUT2D eigenvalue weighted by molar-refractivity contribution is 9.10. The number of aryl methyl sites for hydroxylation is 1. The van der Waals surface area contributed by atoms with Gasteiger partial charge in [-0.2, -0.15) is 8.78 Å². The standard InChI is InChI=1S/C13H15BrF2N2O/c1-9-2-3-10(14)8-11(9)13(15,16)12(19)18-6-4-17-5-7-18/h2-3,8,17H,4-7H2,1H3. The molecule has 1 N–H and O–H groups in total. The minimum absolute atomic E-state index is 0.231. The van der Waals surface area contributed by atoms with Crippen molar-refractivity contribution in [2.75, 3.05) is 26.2 Å². The molecule has 3 nitrogen and oxygen atoms in total. The third-order valence-corrected chi connectivity index (χ3v) is 3.70. The third kappa shape index (κ3) is 2.95. The van der Waals surface area contributed by atoms with Crippen molar-refractivity contribution in [3.63, 3.8) is 0 Å². The molecule has 104 valence electrons. The number of piperazine rings is 1. The van der Waals surface area contributed by atoms with Crippen molar-refractivity contribution in [3.8, 4) is 0 Å². The van der Waals surface area contributed by atoms with Gasteiger partial charge < -0.3 is 10.2 Å². The minimum atomic E-state index is -3.48. The fourth-order valence-electron chi connectivity index (χ4n) is 2.11. The summed E-state index contributed by atoms with van der Waals surface area (Å²) in [5.41, 5.74) is 0.182. The van der Waals surface area contributed by atoms with Gasteiger partial charge in [0, 0.05) is 36.2 Å². The molecular formula is C13H15BrF2N2O. The highest BCUT2D eigenvalue weighted by Crippen LogP contribution is 2.34. The first-order valence-corrected chi connectivity index (χ1v) is 6.87. The number of amides is 1. The Morgan fingerprint density at radius 2 is 2.00 bits per heavy atom. The number of hydrogen-bond acceptors (Lipinski definition) is 2. The molecule has 0 aromatic heterocycles. The molecule has 0 unspecified atom stereocenters. The Hall–Kier alpha value is -1.01. The van der Waals surface area contributed by atoms with Crippen molar-refractivity contribution in [3.05, 3.63) is 33.8 Å². The van der Waals surface area contributed by atoms with Crippen molar-refractivity contribution < 1.29 is 13.6 Å². The van der Waals surface area contributed by atoms with E-state index in [4.69, 9.17) is 0 Å². The molecule has 1 aliphatic heterocycles. The first kappa shape index (κ1) is 14.4. The zero-order valence-electron chi connectivity index (χ0n) is 10.5. The van der Waals surface area contributed by atoms with Crippen molar-refractivity contribution >= 4 is 21.8 Å². The number of rotatable bonds is 2. The SMILES string of the molecule is Cc1ccc(Br)cc1C(F)(F)C(=O)N1CCNCC1. The molecule has 6 heteroatoms. The van der Waals surface area contributed by atoms with Crippen LogP contribution in [0.3, 0.4) is 0 Å². The highest BCUT2D eigenvalue weighted by Gasteiger charge is 2.45.